The van der Waals surface area contributed by atoms with E-state index < -0.39 is 0 Å². The molecule has 0 spiro atoms. The van der Waals surface area contributed by atoms with Crippen molar-refractivity contribution in [2.75, 3.05) is 25.5 Å². The molecule has 0 aliphatic heterocycles. The monoisotopic (exact) mass is 284 g/mol. The summed E-state index contributed by atoms with van der Waals surface area (Å²) in [5, 5.41) is 20.5. The highest BCUT2D eigenvalue weighted by atomic mass is 16.1. The first-order chi connectivity index (χ1) is 10.1. The molecular formula is C16H20N4O. The fourth-order valence-corrected chi connectivity index (χ4v) is 2.01. The molecule has 0 saturated carbocycles. The van der Waals surface area contributed by atoms with Gasteiger partial charge in [-0.15, -0.1) is 0 Å². The summed E-state index contributed by atoms with van der Waals surface area (Å²) in [4.78, 5) is 13.9. The van der Waals surface area contributed by atoms with Crippen LogP contribution in [0.15, 0.2) is 24.3 Å². The molecule has 0 saturated heterocycles. The molecule has 0 aliphatic carbocycles. The third-order valence-electron chi connectivity index (χ3n) is 3.07. The lowest BCUT2D eigenvalue weighted by atomic mass is 10.2. The fourth-order valence-electron chi connectivity index (χ4n) is 2.01. The number of carbonyl (C=O) groups is 1. The highest BCUT2D eigenvalue weighted by Crippen LogP contribution is 2.14. The van der Waals surface area contributed by atoms with Crippen LogP contribution in [0.1, 0.15) is 25.3 Å². The molecule has 0 heterocycles. The molecule has 5 nitrogen and oxygen atoms in total. The summed E-state index contributed by atoms with van der Waals surface area (Å²) in [7, 11) is 1.94. The Kier molecular flexibility index (Phi) is 6.94. The Morgan fingerprint density at radius 1 is 1.38 bits per heavy atom. The SMILES string of the molecule is CC(C#N)CN(C)CCCC(=O)Nc1ccccc1C#N. The van der Waals surface area contributed by atoms with Crippen molar-refractivity contribution in [3.63, 3.8) is 0 Å². The van der Waals surface area contributed by atoms with Crippen molar-refractivity contribution in [1.29, 1.82) is 10.5 Å². The van der Waals surface area contributed by atoms with Crippen molar-refractivity contribution < 1.29 is 4.79 Å². The highest BCUT2D eigenvalue weighted by Gasteiger charge is 2.08. The van der Waals surface area contributed by atoms with E-state index in [1.165, 1.54) is 0 Å². The molecular weight excluding hydrogens is 264 g/mol. The standard InChI is InChI=1S/C16H20N4O/c1-13(10-17)12-20(2)9-5-8-16(21)19-15-7-4-3-6-14(15)11-18/h3-4,6-7,13H,5,8-9,12H2,1-2H3,(H,19,21). The van der Waals surface area contributed by atoms with E-state index >= 15 is 0 Å². The smallest absolute Gasteiger partial charge is 0.224 e. The molecule has 0 bridgehead atoms. The van der Waals surface area contributed by atoms with Gasteiger partial charge in [-0.25, -0.2) is 0 Å². The van der Waals surface area contributed by atoms with Crippen LogP contribution in [0.25, 0.3) is 0 Å². The maximum Gasteiger partial charge on any atom is 0.224 e. The van der Waals surface area contributed by atoms with Gasteiger partial charge in [0.15, 0.2) is 0 Å². The van der Waals surface area contributed by atoms with Crippen molar-refractivity contribution in [3.05, 3.63) is 29.8 Å². The molecule has 0 aromatic heterocycles. The summed E-state index contributed by atoms with van der Waals surface area (Å²) in [5.41, 5.74) is 1.02. The second-order valence-electron chi connectivity index (χ2n) is 5.10. The van der Waals surface area contributed by atoms with Crippen LogP contribution in [-0.2, 0) is 4.79 Å². The zero-order valence-electron chi connectivity index (χ0n) is 12.5. The molecule has 5 heteroatoms. The van der Waals surface area contributed by atoms with Gasteiger partial charge in [0.25, 0.3) is 0 Å². The number of amides is 1. The third-order valence-corrected chi connectivity index (χ3v) is 3.07. The van der Waals surface area contributed by atoms with E-state index in [0.29, 0.717) is 24.2 Å². The Morgan fingerprint density at radius 3 is 2.76 bits per heavy atom. The van der Waals surface area contributed by atoms with Gasteiger partial charge in [0.1, 0.15) is 6.07 Å². The lowest BCUT2D eigenvalue weighted by Gasteiger charge is -2.17. The van der Waals surface area contributed by atoms with Crippen LogP contribution in [0.3, 0.4) is 0 Å². The maximum absolute atomic E-state index is 11.8. The van der Waals surface area contributed by atoms with E-state index in [1.54, 1.807) is 24.3 Å². The number of benzene rings is 1. The molecule has 110 valence electrons. The van der Waals surface area contributed by atoms with Gasteiger partial charge < -0.3 is 10.2 Å². The van der Waals surface area contributed by atoms with Crippen molar-refractivity contribution >= 4 is 11.6 Å². The number of nitrogens with zero attached hydrogens (tertiary/aromatic N) is 3. The summed E-state index contributed by atoms with van der Waals surface area (Å²) in [6, 6.07) is 11.2. The fraction of sp³-hybridized carbons (Fsp3) is 0.438. The maximum atomic E-state index is 11.8. The van der Waals surface area contributed by atoms with Crippen molar-refractivity contribution in [1.82, 2.24) is 4.90 Å². The summed E-state index contributed by atoms with van der Waals surface area (Å²) in [5.74, 6) is -0.106. The van der Waals surface area contributed by atoms with Gasteiger partial charge in [-0.2, -0.15) is 10.5 Å². The molecule has 0 radical (unpaired) electrons. The zero-order valence-corrected chi connectivity index (χ0v) is 12.5. The molecule has 1 atom stereocenters. The number of rotatable bonds is 7. The van der Waals surface area contributed by atoms with Gasteiger partial charge in [-0.1, -0.05) is 12.1 Å². The first kappa shape index (κ1) is 16.7. The van der Waals surface area contributed by atoms with Crippen LogP contribution in [0.2, 0.25) is 0 Å². The van der Waals surface area contributed by atoms with Gasteiger partial charge >= 0.3 is 0 Å². The second kappa shape index (κ2) is 8.73. The number of anilines is 1. The summed E-state index contributed by atoms with van der Waals surface area (Å²) in [6.45, 7) is 3.34. The Balaban J connectivity index is 2.35. The minimum atomic E-state index is -0.0977. The van der Waals surface area contributed by atoms with Crippen LogP contribution in [-0.4, -0.2) is 30.9 Å². The molecule has 1 rings (SSSR count). The van der Waals surface area contributed by atoms with E-state index in [4.69, 9.17) is 10.5 Å². The van der Waals surface area contributed by atoms with Gasteiger partial charge in [-0.05, 0) is 39.1 Å². The lowest BCUT2D eigenvalue weighted by Crippen LogP contribution is -2.25. The van der Waals surface area contributed by atoms with Crippen molar-refractivity contribution in [3.8, 4) is 12.1 Å². The molecule has 1 amide bonds. The second-order valence-corrected chi connectivity index (χ2v) is 5.10. The third kappa shape index (κ3) is 6.07. The van der Waals surface area contributed by atoms with Gasteiger partial charge in [0.05, 0.1) is 23.2 Å². The quantitative estimate of drug-likeness (QED) is 0.833. The van der Waals surface area contributed by atoms with E-state index in [9.17, 15) is 4.79 Å². The molecule has 0 aliphatic rings. The molecule has 21 heavy (non-hydrogen) atoms. The van der Waals surface area contributed by atoms with Gasteiger partial charge in [0, 0.05) is 13.0 Å². The van der Waals surface area contributed by atoms with Crippen LogP contribution in [0.4, 0.5) is 5.69 Å². The largest absolute Gasteiger partial charge is 0.325 e. The van der Waals surface area contributed by atoms with Crippen LogP contribution < -0.4 is 5.32 Å². The van der Waals surface area contributed by atoms with Crippen LogP contribution >= 0.6 is 0 Å². The van der Waals surface area contributed by atoms with Crippen LogP contribution in [0.5, 0.6) is 0 Å². The molecule has 1 aromatic rings. The number of nitrogens with one attached hydrogen (secondary N) is 1. The first-order valence-corrected chi connectivity index (χ1v) is 6.94. The normalized spacial score (nSPS) is 11.5. The summed E-state index contributed by atoms with van der Waals surface area (Å²) in [6.07, 6.45) is 1.11. The Morgan fingerprint density at radius 2 is 2.10 bits per heavy atom. The average Bonchev–Trinajstić information content (AvgIpc) is 2.47. The van der Waals surface area contributed by atoms with Gasteiger partial charge in [-0.3, -0.25) is 4.79 Å². The van der Waals surface area contributed by atoms with E-state index in [1.807, 2.05) is 24.9 Å². The average molecular weight is 284 g/mol. The number of hydrogen-bond donors (Lipinski definition) is 1. The Labute approximate surface area is 125 Å². The lowest BCUT2D eigenvalue weighted by molar-refractivity contribution is -0.116. The molecule has 1 N–H and O–H groups in total. The highest BCUT2D eigenvalue weighted by molar-refractivity contribution is 5.92. The molecule has 1 aromatic carbocycles. The molecule has 0 fully saturated rings. The molecule has 1 unspecified atom stereocenters. The number of nitriles is 2. The van der Waals surface area contributed by atoms with E-state index in [0.717, 1.165) is 13.0 Å². The van der Waals surface area contributed by atoms with Crippen LogP contribution in [0, 0.1) is 28.6 Å². The predicted molar refractivity (Wildman–Crippen MR) is 81.3 cm³/mol. The van der Waals surface area contributed by atoms with Crippen molar-refractivity contribution in [2.45, 2.75) is 19.8 Å². The van der Waals surface area contributed by atoms with E-state index in [2.05, 4.69) is 11.4 Å². The summed E-state index contributed by atoms with van der Waals surface area (Å²) >= 11 is 0. The number of carbonyl (C=O) groups excluding carboxylic acids is 1. The predicted octanol–water partition coefficient (Wildman–Crippen LogP) is 2.37. The zero-order chi connectivity index (χ0) is 15.7. The summed E-state index contributed by atoms with van der Waals surface area (Å²) < 4.78 is 0. The van der Waals surface area contributed by atoms with Gasteiger partial charge in [0.2, 0.25) is 5.91 Å². The topological polar surface area (TPSA) is 79.9 Å². The minimum absolute atomic E-state index is 0.00803. The van der Waals surface area contributed by atoms with Crippen molar-refractivity contribution in [2.24, 2.45) is 5.92 Å². The first-order valence-electron chi connectivity index (χ1n) is 6.94. The minimum Gasteiger partial charge on any atom is -0.325 e. The number of hydrogen-bond acceptors (Lipinski definition) is 4. The van der Waals surface area contributed by atoms with E-state index in [-0.39, 0.29) is 11.8 Å². The Bertz CT molecular complexity index is 556. The number of para-hydroxylation sites is 1. The Hall–Kier alpha value is -2.37.